The van der Waals surface area contributed by atoms with E-state index in [-0.39, 0.29) is 0 Å². The summed E-state index contributed by atoms with van der Waals surface area (Å²) in [6.45, 7) is 0. The smallest absolute Gasteiger partial charge is 0.159 e. The van der Waals surface area contributed by atoms with Gasteiger partial charge in [-0.3, -0.25) is 0 Å². The Morgan fingerprint density at radius 3 is 2.29 bits per heavy atom. The van der Waals surface area contributed by atoms with Gasteiger partial charge in [-0.25, -0.2) is 8.78 Å². The van der Waals surface area contributed by atoms with Crippen LogP contribution in [0.15, 0.2) is 42.5 Å². The minimum atomic E-state index is -0.876. The average Bonchev–Trinajstić information content (AvgIpc) is 2.32. The van der Waals surface area contributed by atoms with Crippen LogP contribution in [0.25, 0.3) is 0 Å². The van der Waals surface area contributed by atoms with E-state index in [9.17, 15) is 8.78 Å². The number of alkyl halides is 1. The second-order valence-electron chi connectivity index (χ2n) is 3.59. The summed E-state index contributed by atoms with van der Waals surface area (Å²) in [7, 11) is 0. The molecular formula is C13H8ClF2I. The molecule has 1 atom stereocenters. The van der Waals surface area contributed by atoms with Gasteiger partial charge in [-0.2, -0.15) is 0 Å². The molecule has 0 spiro atoms. The zero-order valence-electron chi connectivity index (χ0n) is 8.63. The van der Waals surface area contributed by atoms with E-state index in [1.165, 1.54) is 6.07 Å². The Morgan fingerprint density at radius 1 is 0.941 bits per heavy atom. The largest absolute Gasteiger partial charge is 0.204 e. The van der Waals surface area contributed by atoms with Crippen molar-refractivity contribution in [3.8, 4) is 0 Å². The van der Waals surface area contributed by atoms with Crippen molar-refractivity contribution in [2.45, 2.75) is 5.38 Å². The van der Waals surface area contributed by atoms with Gasteiger partial charge in [-0.15, -0.1) is 11.6 Å². The molecule has 0 N–H and O–H groups in total. The normalized spacial score (nSPS) is 12.5. The monoisotopic (exact) mass is 364 g/mol. The van der Waals surface area contributed by atoms with Crippen LogP contribution in [0, 0.1) is 15.2 Å². The Labute approximate surface area is 117 Å². The van der Waals surface area contributed by atoms with Crippen LogP contribution < -0.4 is 0 Å². The van der Waals surface area contributed by atoms with Crippen molar-refractivity contribution in [1.82, 2.24) is 0 Å². The summed E-state index contributed by atoms with van der Waals surface area (Å²) in [5.74, 6) is -1.74. The second-order valence-corrected chi connectivity index (χ2v) is 5.27. The summed E-state index contributed by atoms with van der Waals surface area (Å²) in [6.07, 6.45) is 0. The van der Waals surface area contributed by atoms with Crippen molar-refractivity contribution in [3.63, 3.8) is 0 Å². The van der Waals surface area contributed by atoms with Crippen LogP contribution in [0.2, 0.25) is 0 Å². The molecule has 17 heavy (non-hydrogen) atoms. The Kier molecular flexibility index (Phi) is 3.99. The lowest BCUT2D eigenvalue weighted by Gasteiger charge is -2.11. The molecule has 88 valence electrons. The van der Waals surface area contributed by atoms with Gasteiger partial charge in [0.05, 0.1) is 5.38 Å². The maximum atomic E-state index is 13.1. The molecule has 2 rings (SSSR count). The third-order valence-corrected chi connectivity index (χ3v) is 3.55. The molecule has 0 aliphatic heterocycles. The lowest BCUT2D eigenvalue weighted by Crippen LogP contribution is -1.96. The van der Waals surface area contributed by atoms with Crippen molar-refractivity contribution in [3.05, 3.63) is 68.8 Å². The molecule has 0 saturated heterocycles. The lowest BCUT2D eigenvalue weighted by molar-refractivity contribution is 0.507. The van der Waals surface area contributed by atoms with Crippen molar-refractivity contribution >= 4 is 34.2 Å². The van der Waals surface area contributed by atoms with E-state index < -0.39 is 17.0 Å². The molecular weight excluding hydrogens is 356 g/mol. The zero-order chi connectivity index (χ0) is 12.4. The number of halogens is 4. The summed E-state index contributed by atoms with van der Waals surface area (Å²) in [5, 5.41) is -0.472. The van der Waals surface area contributed by atoms with E-state index in [1.807, 2.05) is 24.3 Å². The molecule has 2 aromatic rings. The number of hydrogen-bond acceptors (Lipinski definition) is 0. The first-order chi connectivity index (χ1) is 8.08. The Morgan fingerprint density at radius 2 is 1.65 bits per heavy atom. The number of rotatable bonds is 2. The van der Waals surface area contributed by atoms with Crippen LogP contribution in [-0.4, -0.2) is 0 Å². The van der Waals surface area contributed by atoms with Crippen LogP contribution >= 0.6 is 34.2 Å². The van der Waals surface area contributed by atoms with Gasteiger partial charge in [0.15, 0.2) is 11.6 Å². The maximum Gasteiger partial charge on any atom is 0.159 e. The summed E-state index contributed by atoms with van der Waals surface area (Å²) in [6, 6.07) is 11.3. The highest BCUT2D eigenvalue weighted by Crippen LogP contribution is 2.30. The van der Waals surface area contributed by atoms with Crippen molar-refractivity contribution in [2.24, 2.45) is 0 Å². The molecule has 4 heteroatoms. The highest BCUT2D eigenvalue weighted by Gasteiger charge is 2.13. The van der Waals surface area contributed by atoms with Gasteiger partial charge in [0, 0.05) is 3.57 Å². The van der Waals surface area contributed by atoms with Crippen molar-refractivity contribution < 1.29 is 8.78 Å². The molecule has 0 aliphatic rings. The summed E-state index contributed by atoms with van der Waals surface area (Å²) in [4.78, 5) is 0. The van der Waals surface area contributed by atoms with E-state index in [1.54, 1.807) is 0 Å². The van der Waals surface area contributed by atoms with E-state index in [0.717, 1.165) is 21.3 Å². The molecule has 0 bridgehead atoms. The van der Waals surface area contributed by atoms with Gasteiger partial charge >= 0.3 is 0 Å². The predicted octanol–water partition coefficient (Wildman–Crippen LogP) is 4.90. The van der Waals surface area contributed by atoms with Crippen LogP contribution in [0.3, 0.4) is 0 Å². The molecule has 0 radical (unpaired) electrons. The standard InChI is InChI=1S/C13H8ClF2I/c14-13(8-2-1-3-10(17)6-8)9-4-5-11(15)12(16)7-9/h1-7,13H. The van der Waals surface area contributed by atoms with Crippen LogP contribution in [-0.2, 0) is 0 Å². The molecule has 1 unspecified atom stereocenters. The number of benzene rings is 2. The quantitative estimate of drug-likeness (QED) is 0.525. The average molecular weight is 365 g/mol. The Balaban J connectivity index is 2.36. The van der Waals surface area contributed by atoms with Gasteiger partial charge < -0.3 is 0 Å². The minimum Gasteiger partial charge on any atom is -0.204 e. The van der Waals surface area contributed by atoms with Gasteiger partial charge in [0.2, 0.25) is 0 Å². The first kappa shape index (κ1) is 12.8. The Hall–Kier alpha value is -0.680. The van der Waals surface area contributed by atoms with Gasteiger partial charge in [0.25, 0.3) is 0 Å². The van der Waals surface area contributed by atoms with E-state index in [4.69, 9.17) is 11.6 Å². The van der Waals surface area contributed by atoms with Gasteiger partial charge in [-0.05, 0) is 58.0 Å². The van der Waals surface area contributed by atoms with E-state index >= 15 is 0 Å². The lowest BCUT2D eigenvalue weighted by atomic mass is 10.0. The Bertz CT molecular complexity index is 543. The van der Waals surface area contributed by atoms with Crippen molar-refractivity contribution in [2.75, 3.05) is 0 Å². The molecule has 0 nitrogen and oxygen atoms in total. The van der Waals surface area contributed by atoms with Crippen LogP contribution in [0.1, 0.15) is 16.5 Å². The summed E-state index contributed by atoms with van der Waals surface area (Å²) >= 11 is 8.41. The molecule has 0 aliphatic carbocycles. The number of hydrogen-bond donors (Lipinski definition) is 0. The molecule has 0 heterocycles. The molecule has 0 amide bonds. The molecule has 2 aromatic carbocycles. The zero-order valence-corrected chi connectivity index (χ0v) is 11.5. The fourth-order valence-corrected chi connectivity index (χ4v) is 2.37. The topological polar surface area (TPSA) is 0 Å². The summed E-state index contributed by atoms with van der Waals surface area (Å²) < 4.78 is 27.0. The molecule has 0 saturated carbocycles. The molecule has 0 fully saturated rings. The minimum absolute atomic E-state index is 0.472. The fraction of sp³-hybridized carbons (Fsp3) is 0.0769. The fourth-order valence-electron chi connectivity index (χ4n) is 1.53. The van der Waals surface area contributed by atoms with Crippen molar-refractivity contribution in [1.29, 1.82) is 0 Å². The maximum absolute atomic E-state index is 13.1. The third kappa shape index (κ3) is 2.96. The second kappa shape index (κ2) is 5.31. The first-order valence-corrected chi connectivity index (χ1v) is 6.44. The third-order valence-electron chi connectivity index (χ3n) is 2.38. The highest BCUT2D eigenvalue weighted by atomic mass is 127. The highest BCUT2D eigenvalue weighted by molar-refractivity contribution is 14.1. The van der Waals surface area contributed by atoms with Gasteiger partial charge in [-0.1, -0.05) is 18.2 Å². The van der Waals surface area contributed by atoms with Crippen LogP contribution in [0.4, 0.5) is 8.78 Å². The van der Waals surface area contributed by atoms with Gasteiger partial charge in [0.1, 0.15) is 0 Å². The van der Waals surface area contributed by atoms with E-state index in [2.05, 4.69) is 22.6 Å². The van der Waals surface area contributed by atoms with Crippen LogP contribution in [0.5, 0.6) is 0 Å². The molecule has 0 aromatic heterocycles. The van der Waals surface area contributed by atoms with E-state index in [0.29, 0.717) is 5.56 Å². The first-order valence-electron chi connectivity index (χ1n) is 4.92. The predicted molar refractivity (Wildman–Crippen MR) is 73.2 cm³/mol. The summed E-state index contributed by atoms with van der Waals surface area (Å²) in [5.41, 5.74) is 1.41. The SMILES string of the molecule is Fc1ccc(C(Cl)c2cccc(I)c2)cc1F.